The molecule has 1 aromatic carbocycles. The first-order valence-corrected chi connectivity index (χ1v) is 12.2. The number of hydrogen-bond acceptors (Lipinski definition) is 7. The first-order valence-electron chi connectivity index (χ1n) is 11.5. The number of nitrogens with zero attached hydrogens (tertiary/aromatic N) is 4. The van der Waals surface area contributed by atoms with Crippen LogP contribution in [0.3, 0.4) is 0 Å². The summed E-state index contributed by atoms with van der Waals surface area (Å²) in [4.78, 5) is 25.8. The van der Waals surface area contributed by atoms with Gasteiger partial charge in [0.1, 0.15) is 18.4 Å². The molecule has 0 saturated carbocycles. The molecular formula is C24H31Cl2N5O2. The van der Waals surface area contributed by atoms with Crippen molar-refractivity contribution in [3.63, 3.8) is 0 Å². The number of aliphatic hydroxyl groups excluding tert-OH is 1. The molecular weight excluding hydrogens is 461 g/mol. The molecule has 1 aromatic heterocycles. The summed E-state index contributed by atoms with van der Waals surface area (Å²) in [6.07, 6.45) is 2.55. The van der Waals surface area contributed by atoms with Gasteiger partial charge < -0.3 is 14.8 Å². The number of aromatic nitrogens is 2. The lowest BCUT2D eigenvalue weighted by molar-refractivity contribution is -0.111. The Morgan fingerprint density at radius 3 is 2.52 bits per heavy atom. The Balaban J connectivity index is 1.54. The minimum atomic E-state index is -0.516. The van der Waals surface area contributed by atoms with Crippen molar-refractivity contribution in [2.24, 2.45) is 0 Å². The van der Waals surface area contributed by atoms with Gasteiger partial charge in [-0.05, 0) is 43.9 Å². The van der Waals surface area contributed by atoms with E-state index in [0.29, 0.717) is 16.5 Å². The monoisotopic (exact) mass is 491 g/mol. The number of aliphatic hydroxyl groups is 1. The van der Waals surface area contributed by atoms with Crippen molar-refractivity contribution in [1.82, 2.24) is 20.2 Å². The molecule has 33 heavy (non-hydrogen) atoms. The fraction of sp³-hybridized carbons (Fsp3) is 0.542. The Hall–Kier alpha value is -1.77. The Bertz CT molecular complexity index is 997. The number of benzene rings is 1. The van der Waals surface area contributed by atoms with E-state index in [9.17, 15) is 9.90 Å². The van der Waals surface area contributed by atoms with Crippen LogP contribution in [-0.4, -0.2) is 64.6 Å². The second-order valence-electron chi connectivity index (χ2n) is 9.27. The second-order valence-corrected chi connectivity index (χ2v) is 10.1. The topological polar surface area (TPSA) is 81.6 Å². The van der Waals surface area contributed by atoms with Crippen molar-refractivity contribution >= 4 is 35.3 Å². The van der Waals surface area contributed by atoms with Gasteiger partial charge in [0.2, 0.25) is 0 Å². The Morgan fingerprint density at radius 1 is 1.15 bits per heavy atom. The predicted molar refractivity (Wildman–Crippen MR) is 131 cm³/mol. The van der Waals surface area contributed by atoms with Crippen LogP contribution in [-0.2, 0) is 4.79 Å². The zero-order valence-electron chi connectivity index (χ0n) is 19.2. The predicted octanol–water partition coefficient (Wildman–Crippen LogP) is 3.75. The van der Waals surface area contributed by atoms with Gasteiger partial charge in [-0.25, -0.2) is 9.97 Å². The molecule has 1 saturated heterocycles. The summed E-state index contributed by atoms with van der Waals surface area (Å²) in [6.45, 7) is 9.36. The quantitative estimate of drug-likeness (QED) is 0.570. The average Bonchev–Trinajstić information content (AvgIpc) is 3.09. The van der Waals surface area contributed by atoms with Crippen LogP contribution in [0, 0.1) is 0 Å². The molecule has 0 radical (unpaired) electrons. The van der Waals surface area contributed by atoms with Crippen LogP contribution >= 0.6 is 23.2 Å². The molecule has 2 unspecified atom stereocenters. The summed E-state index contributed by atoms with van der Waals surface area (Å²) in [7, 11) is 0. The Morgan fingerprint density at radius 2 is 1.88 bits per heavy atom. The van der Waals surface area contributed by atoms with Gasteiger partial charge in [-0.15, -0.1) is 0 Å². The van der Waals surface area contributed by atoms with Gasteiger partial charge in [0, 0.05) is 37.8 Å². The number of carbonyl (C=O) groups is 1. The summed E-state index contributed by atoms with van der Waals surface area (Å²) in [5.41, 5.74) is 2.67. The van der Waals surface area contributed by atoms with Gasteiger partial charge >= 0.3 is 0 Å². The molecule has 1 aliphatic heterocycles. The second kappa shape index (κ2) is 10.2. The highest BCUT2D eigenvalue weighted by Crippen LogP contribution is 2.43. The molecule has 4 rings (SSSR count). The van der Waals surface area contributed by atoms with E-state index >= 15 is 0 Å². The molecule has 0 amide bonds. The number of fused-ring (bicyclic) bond motifs is 1. The van der Waals surface area contributed by atoms with Crippen molar-refractivity contribution < 1.29 is 9.90 Å². The fourth-order valence-electron chi connectivity index (χ4n) is 5.00. The van der Waals surface area contributed by atoms with Crippen LogP contribution in [0.5, 0.6) is 0 Å². The SMILES string of the molecule is CC(C)NC(C(C=O)c1ccc(Cl)c(Cl)c1)N1CCN(c2ncnc3c2[C@H](C)C[C@@H]3O)CC1. The maximum absolute atomic E-state index is 12.3. The highest BCUT2D eigenvalue weighted by molar-refractivity contribution is 6.42. The molecule has 1 aliphatic carbocycles. The minimum absolute atomic E-state index is 0.168. The van der Waals surface area contributed by atoms with Crippen LogP contribution in [0.2, 0.25) is 10.0 Å². The average molecular weight is 492 g/mol. The number of piperazine rings is 1. The molecule has 0 bridgehead atoms. The minimum Gasteiger partial charge on any atom is -0.387 e. The van der Waals surface area contributed by atoms with Gasteiger partial charge in [0.25, 0.3) is 0 Å². The highest BCUT2D eigenvalue weighted by Gasteiger charge is 2.36. The molecule has 9 heteroatoms. The standard InChI is InChI=1S/C24H31Cl2N5O2/c1-14(2)29-23(17(12-32)16-4-5-18(25)19(26)11-16)30-6-8-31(9-7-30)24-21-15(3)10-20(33)22(21)27-13-28-24/h4-5,11-15,17,20,23,29,33H,6-10H2,1-3H3/t15-,17?,20+,23?/m1/s1. The number of hydrogen-bond donors (Lipinski definition) is 2. The van der Waals surface area contributed by atoms with Crippen molar-refractivity contribution in [3.05, 3.63) is 51.4 Å². The molecule has 2 aliphatic rings. The Labute approximate surface area is 205 Å². The Kier molecular flexibility index (Phi) is 7.56. The molecule has 7 nitrogen and oxygen atoms in total. The zero-order valence-corrected chi connectivity index (χ0v) is 20.7. The van der Waals surface area contributed by atoms with Gasteiger partial charge in [-0.1, -0.05) is 36.2 Å². The summed E-state index contributed by atoms with van der Waals surface area (Å²) in [5.74, 6) is 0.773. The van der Waals surface area contributed by atoms with E-state index in [-0.39, 0.29) is 24.0 Å². The zero-order chi connectivity index (χ0) is 23.7. The van der Waals surface area contributed by atoms with E-state index in [1.54, 1.807) is 18.5 Å². The largest absolute Gasteiger partial charge is 0.387 e. The van der Waals surface area contributed by atoms with Crippen LogP contribution in [0.1, 0.15) is 62.0 Å². The van der Waals surface area contributed by atoms with Crippen molar-refractivity contribution in [3.8, 4) is 0 Å². The lowest BCUT2D eigenvalue weighted by atomic mass is 9.95. The van der Waals surface area contributed by atoms with Crippen molar-refractivity contribution in [1.29, 1.82) is 0 Å². The first-order chi connectivity index (χ1) is 15.8. The fourth-order valence-corrected chi connectivity index (χ4v) is 5.31. The maximum Gasteiger partial charge on any atom is 0.135 e. The molecule has 4 atom stereocenters. The molecule has 2 N–H and O–H groups in total. The van der Waals surface area contributed by atoms with E-state index in [0.717, 1.165) is 55.1 Å². The van der Waals surface area contributed by atoms with E-state index in [2.05, 4.69) is 45.9 Å². The molecule has 1 fully saturated rings. The van der Waals surface area contributed by atoms with Crippen LogP contribution < -0.4 is 10.2 Å². The highest BCUT2D eigenvalue weighted by atomic mass is 35.5. The number of rotatable bonds is 7. The molecule has 2 aromatic rings. The first kappa shape index (κ1) is 24.4. The number of halogens is 2. The molecule has 2 heterocycles. The molecule has 178 valence electrons. The van der Waals surface area contributed by atoms with E-state index in [1.165, 1.54) is 0 Å². The number of anilines is 1. The van der Waals surface area contributed by atoms with Crippen LogP contribution in [0.25, 0.3) is 0 Å². The summed E-state index contributed by atoms with van der Waals surface area (Å²) >= 11 is 12.3. The normalized spacial score (nSPS) is 22.9. The third kappa shape index (κ3) is 5.03. The third-order valence-electron chi connectivity index (χ3n) is 6.61. The number of nitrogens with one attached hydrogen (secondary N) is 1. The van der Waals surface area contributed by atoms with E-state index < -0.39 is 6.10 Å². The van der Waals surface area contributed by atoms with Gasteiger partial charge in [0.15, 0.2) is 0 Å². The third-order valence-corrected chi connectivity index (χ3v) is 7.34. The molecule has 0 spiro atoms. The van der Waals surface area contributed by atoms with E-state index in [1.807, 2.05) is 6.07 Å². The van der Waals surface area contributed by atoms with Gasteiger partial charge in [-0.3, -0.25) is 10.2 Å². The lowest BCUT2D eigenvalue weighted by Crippen LogP contribution is -2.58. The smallest absolute Gasteiger partial charge is 0.135 e. The summed E-state index contributed by atoms with van der Waals surface area (Å²) in [6, 6.07) is 5.59. The van der Waals surface area contributed by atoms with Crippen LogP contribution in [0.4, 0.5) is 5.82 Å². The summed E-state index contributed by atoms with van der Waals surface area (Å²) < 4.78 is 0. The van der Waals surface area contributed by atoms with Gasteiger partial charge in [0.05, 0.1) is 33.9 Å². The van der Waals surface area contributed by atoms with E-state index in [4.69, 9.17) is 23.2 Å². The van der Waals surface area contributed by atoms with Crippen molar-refractivity contribution in [2.45, 2.75) is 57.3 Å². The maximum atomic E-state index is 12.3. The number of aldehydes is 1. The van der Waals surface area contributed by atoms with Crippen molar-refractivity contribution in [2.75, 3.05) is 31.1 Å². The lowest BCUT2D eigenvalue weighted by Gasteiger charge is -2.43. The van der Waals surface area contributed by atoms with Gasteiger partial charge in [-0.2, -0.15) is 0 Å². The number of carbonyl (C=O) groups excluding carboxylic acids is 1. The van der Waals surface area contributed by atoms with Crippen LogP contribution in [0.15, 0.2) is 24.5 Å². The summed E-state index contributed by atoms with van der Waals surface area (Å²) in [5, 5.41) is 14.8.